The molecule has 1 aliphatic rings. The summed E-state index contributed by atoms with van der Waals surface area (Å²) in [6.07, 6.45) is 8.30. The predicted molar refractivity (Wildman–Crippen MR) is 78.9 cm³/mol. The van der Waals surface area contributed by atoms with E-state index in [4.69, 9.17) is 0 Å². The Balaban J connectivity index is 2.25. The van der Waals surface area contributed by atoms with E-state index < -0.39 is 0 Å². The maximum Gasteiger partial charge on any atom is 0.113 e. The highest BCUT2D eigenvalue weighted by molar-refractivity contribution is 7.09. The third-order valence-corrected chi connectivity index (χ3v) is 5.07. The molecule has 3 heteroatoms. The average Bonchev–Trinajstić information content (AvgIpc) is 2.74. The molecule has 1 unspecified atom stereocenters. The number of nitrogens with zero attached hydrogens (tertiary/aromatic N) is 1. The van der Waals surface area contributed by atoms with E-state index in [9.17, 15) is 0 Å². The fraction of sp³-hybridized carbons (Fsp3) is 0.800. The van der Waals surface area contributed by atoms with Crippen LogP contribution in [0.1, 0.15) is 64.8 Å². The smallest absolute Gasteiger partial charge is 0.113 e. The van der Waals surface area contributed by atoms with Crippen LogP contribution in [0.5, 0.6) is 0 Å². The second-order valence-electron chi connectivity index (χ2n) is 6.74. The normalized spacial score (nSPS) is 28.3. The van der Waals surface area contributed by atoms with Crippen molar-refractivity contribution < 1.29 is 0 Å². The van der Waals surface area contributed by atoms with Crippen LogP contribution < -0.4 is 5.32 Å². The highest BCUT2D eigenvalue weighted by Crippen LogP contribution is 2.43. The number of nitrogens with one attached hydrogen (secondary N) is 1. The number of hydrogen-bond acceptors (Lipinski definition) is 3. The topological polar surface area (TPSA) is 24.9 Å². The van der Waals surface area contributed by atoms with Crippen molar-refractivity contribution in [2.24, 2.45) is 5.41 Å². The lowest BCUT2D eigenvalue weighted by Crippen LogP contribution is -2.45. The molecule has 0 radical (unpaired) electrons. The summed E-state index contributed by atoms with van der Waals surface area (Å²) >= 11 is 1.81. The molecular formula is C15H26N2S. The van der Waals surface area contributed by atoms with Gasteiger partial charge in [0.25, 0.3) is 0 Å². The zero-order valence-electron chi connectivity index (χ0n) is 12.1. The number of thiazole rings is 1. The Morgan fingerprint density at radius 1 is 1.22 bits per heavy atom. The standard InChI is InChI=1S/C15H26N2S/c1-12(2)17-15(13-16-10-11-18-13)7-5-6-14(3,4)8-9-15/h10-12,17H,5-9H2,1-4H3. The molecule has 2 nitrogen and oxygen atoms in total. The Morgan fingerprint density at radius 3 is 2.61 bits per heavy atom. The van der Waals surface area contributed by atoms with Crippen LogP contribution in [0.4, 0.5) is 0 Å². The Bertz CT molecular complexity index is 370. The molecule has 0 saturated heterocycles. The fourth-order valence-corrected chi connectivity index (χ4v) is 3.96. The van der Waals surface area contributed by atoms with Gasteiger partial charge in [-0.25, -0.2) is 4.98 Å². The van der Waals surface area contributed by atoms with Gasteiger partial charge in [0, 0.05) is 17.6 Å². The van der Waals surface area contributed by atoms with E-state index >= 15 is 0 Å². The Labute approximate surface area is 115 Å². The molecule has 1 aromatic heterocycles. The molecule has 1 aromatic rings. The lowest BCUT2D eigenvalue weighted by Gasteiger charge is -2.35. The summed E-state index contributed by atoms with van der Waals surface area (Å²) in [7, 11) is 0. The highest BCUT2D eigenvalue weighted by Gasteiger charge is 2.39. The monoisotopic (exact) mass is 266 g/mol. The summed E-state index contributed by atoms with van der Waals surface area (Å²) < 4.78 is 0. The van der Waals surface area contributed by atoms with Gasteiger partial charge >= 0.3 is 0 Å². The van der Waals surface area contributed by atoms with Crippen LogP contribution in [-0.2, 0) is 5.54 Å². The minimum atomic E-state index is 0.121. The first-order chi connectivity index (χ1) is 8.44. The van der Waals surface area contributed by atoms with Gasteiger partial charge in [-0.1, -0.05) is 20.3 Å². The van der Waals surface area contributed by atoms with E-state index in [-0.39, 0.29) is 5.54 Å². The molecule has 0 aromatic carbocycles. The summed E-state index contributed by atoms with van der Waals surface area (Å²) in [5.74, 6) is 0. The minimum Gasteiger partial charge on any atom is -0.303 e. The van der Waals surface area contributed by atoms with Crippen molar-refractivity contribution in [3.8, 4) is 0 Å². The van der Waals surface area contributed by atoms with E-state index in [0.29, 0.717) is 11.5 Å². The fourth-order valence-electron chi connectivity index (χ4n) is 3.10. The van der Waals surface area contributed by atoms with E-state index in [1.807, 2.05) is 6.20 Å². The third kappa shape index (κ3) is 3.12. The zero-order chi connectivity index (χ0) is 13.2. The average molecular weight is 266 g/mol. The summed E-state index contributed by atoms with van der Waals surface area (Å²) in [4.78, 5) is 4.61. The number of rotatable bonds is 3. The van der Waals surface area contributed by atoms with Crippen LogP contribution in [0.15, 0.2) is 11.6 Å². The summed E-state index contributed by atoms with van der Waals surface area (Å²) in [5, 5.41) is 7.22. The van der Waals surface area contributed by atoms with Crippen molar-refractivity contribution in [2.75, 3.05) is 0 Å². The van der Waals surface area contributed by atoms with Gasteiger partial charge < -0.3 is 5.32 Å². The first kappa shape index (κ1) is 14.0. The Kier molecular flexibility index (Phi) is 4.12. The van der Waals surface area contributed by atoms with Gasteiger partial charge in [-0.3, -0.25) is 0 Å². The molecule has 1 heterocycles. The maximum absolute atomic E-state index is 4.61. The van der Waals surface area contributed by atoms with Gasteiger partial charge in [0.2, 0.25) is 0 Å². The number of aromatic nitrogens is 1. The Hall–Kier alpha value is -0.410. The van der Waals surface area contributed by atoms with Crippen molar-refractivity contribution in [2.45, 2.75) is 71.4 Å². The quantitative estimate of drug-likeness (QED) is 0.824. The van der Waals surface area contributed by atoms with Gasteiger partial charge in [0.1, 0.15) is 5.01 Å². The second-order valence-corrected chi connectivity index (χ2v) is 7.63. The molecule has 1 atom stereocenters. The van der Waals surface area contributed by atoms with Crippen LogP contribution in [0.2, 0.25) is 0 Å². The number of hydrogen-bond donors (Lipinski definition) is 1. The van der Waals surface area contributed by atoms with Crippen molar-refractivity contribution in [1.82, 2.24) is 10.3 Å². The van der Waals surface area contributed by atoms with Crippen LogP contribution in [0, 0.1) is 5.41 Å². The van der Waals surface area contributed by atoms with E-state index in [2.05, 4.69) is 43.4 Å². The van der Waals surface area contributed by atoms with Crippen LogP contribution in [-0.4, -0.2) is 11.0 Å². The lowest BCUT2D eigenvalue weighted by molar-refractivity contribution is 0.248. The zero-order valence-corrected chi connectivity index (χ0v) is 12.9. The second kappa shape index (κ2) is 5.30. The van der Waals surface area contributed by atoms with Crippen molar-refractivity contribution >= 4 is 11.3 Å². The molecule has 102 valence electrons. The molecule has 0 spiro atoms. The molecule has 18 heavy (non-hydrogen) atoms. The largest absolute Gasteiger partial charge is 0.303 e. The van der Waals surface area contributed by atoms with Gasteiger partial charge in [0.05, 0.1) is 5.54 Å². The van der Waals surface area contributed by atoms with Gasteiger partial charge in [-0.05, 0) is 44.9 Å². The highest BCUT2D eigenvalue weighted by atomic mass is 32.1. The maximum atomic E-state index is 4.61. The van der Waals surface area contributed by atoms with Gasteiger partial charge in [-0.2, -0.15) is 0 Å². The van der Waals surface area contributed by atoms with Gasteiger partial charge in [-0.15, -0.1) is 11.3 Å². The minimum absolute atomic E-state index is 0.121. The summed E-state index contributed by atoms with van der Waals surface area (Å²) in [6, 6.07) is 0.509. The molecule has 0 aliphatic heterocycles. The molecule has 1 fully saturated rings. The van der Waals surface area contributed by atoms with Crippen LogP contribution in [0.25, 0.3) is 0 Å². The van der Waals surface area contributed by atoms with E-state index in [0.717, 1.165) is 0 Å². The van der Waals surface area contributed by atoms with Crippen molar-refractivity contribution in [1.29, 1.82) is 0 Å². The molecule has 1 aliphatic carbocycles. The molecule has 2 rings (SSSR count). The third-order valence-electron chi connectivity index (χ3n) is 4.09. The lowest BCUT2D eigenvalue weighted by atomic mass is 9.83. The van der Waals surface area contributed by atoms with Crippen LogP contribution >= 0.6 is 11.3 Å². The molecule has 0 bridgehead atoms. The SMILES string of the molecule is CC(C)NC1(c2nccs2)CCCC(C)(C)CC1. The molecular weight excluding hydrogens is 240 g/mol. The van der Waals surface area contributed by atoms with Gasteiger partial charge in [0.15, 0.2) is 0 Å². The van der Waals surface area contributed by atoms with Crippen molar-refractivity contribution in [3.63, 3.8) is 0 Å². The van der Waals surface area contributed by atoms with E-state index in [1.54, 1.807) is 11.3 Å². The predicted octanol–water partition coefficient (Wildman–Crippen LogP) is 4.33. The Morgan fingerprint density at radius 2 is 2.00 bits per heavy atom. The molecule has 1 N–H and O–H groups in total. The summed E-state index contributed by atoms with van der Waals surface area (Å²) in [5.41, 5.74) is 0.605. The first-order valence-electron chi connectivity index (χ1n) is 7.11. The summed E-state index contributed by atoms with van der Waals surface area (Å²) in [6.45, 7) is 9.29. The van der Waals surface area contributed by atoms with E-state index in [1.165, 1.54) is 37.1 Å². The molecule has 1 saturated carbocycles. The first-order valence-corrected chi connectivity index (χ1v) is 7.99. The van der Waals surface area contributed by atoms with Crippen LogP contribution in [0.3, 0.4) is 0 Å². The van der Waals surface area contributed by atoms with Crippen molar-refractivity contribution in [3.05, 3.63) is 16.6 Å². The molecule has 0 amide bonds.